The molecule has 44 heavy (non-hydrogen) atoms. The Morgan fingerprint density at radius 1 is 0.909 bits per heavy atom. The predicted molar refractivity (Wildman–Crippen MR) is 164 cm³/mol. The van der Waals surface area contributed by atoms with Crippen LogP contribution in [-0.2, 0) is 24.0 Å². The summed E-state index contributed by atoms with van der Waals surface area (Å²) in [7, 11) is 0. The van der Waals surface area contributed by atoms with Crippen molar-refractivity contribution >= 4 is 35.4 Å². The molecule has 12 heteroatoms. The molecule has 6 atom stereocenters. The van der Waals surface area contributed by atoms with E-state index in [0.29, 0.717) is 26.1 Å². The maximum Gasteiger partial charge on any atom is 0.316 e. The van der Waals surface area contributed by atoms with Crippen molar-refractivity contribution in [2.75, 3.05) is 19.6 Å². The monoisotopic (exact) mass is 616 g/mol. The number of primary amides is 1. The molecule has 0 aromatic carbocycles. The summed E-state index contributed by atoms with van der Waals surface area (Å²) in [6, 6.07) is -4.25. The van der Waals surface area contributed by atoms with Crippen LogP contribution >= 0.6 is 0 Å². The zero-order chi connectivity index (χ0) is 32.7. The number of likely N-dealkylation sites (tertiary alicyclic amines) is 2. The molecule has 6 amide bonds. The molecule has 246 valence electrons. The predicted octanol–water partition coefficient (Wildman–Crippen LogP) is 1.56. The van der Waals surface area contributed by atoms with Gasteiger partial charge in [-0.3, -0.25) is 24.0 Å². The Hall–Kier alpha value is -3.18. The standard InChI is InChI=1S/C32H52N6O6/c1-17(2)22(28(42)37-13-8-9-14-37)35-30(44)36-25(31(3,4)5)29(43)38-16-19-21(32(19,6)7)23(38)27(41)34-20(24(39)26(33)40)15-18-11-10-12-18/h17-23,25H,8-16H2,1-7H3,(H2,33,40)(H,34,41)(H2,35,36,44)/t19-,20?,21-,22-,23-,25+/m0/s1. The van der Waals surface area contributed by atoms with Crippen molar-refractivity contribution in [1.29, 1.82) is 0 Å². The number of ketones is 1. The van der Waals surface area contributed by atoms with Crippen LogP contribution in [0.5, 0.6) is 0 Å². The molecule has 0 aromatic heterocycles. The quantitative estimate of drug-likeness (QED) is 0.257. The van der Waals surface area contributed by atoms with E-state index in [0.717, 1.165) is 32.1 Å². The Morgan fingerprint density at radius 2 is 1.52 bits per heavy atom. The summed E-state index contributed by atoms with van der Waals surface area (Å²) in [6.45, 7) is 15.0. The third-order valence-corrected chi connectivity index (χ3v) is 10.5. The number of fused-ring (bicyclic) bond motifs is 1. The average molecular weight is 617 g/mol. The van der Waals surface area contributed by atoms with Crippen LogP contribution in [0.3, 0.4) is 0 Å². The normalized spacial score (nSPS) is 26.2. The lowest BCUT2D eigenvalue weighted by molar-refractivity contribution is -0.145. The van der Waals surface area contributed by atoms with Crippen molar-refractivity contribution in [3.05, 3.63) is 0 Å². The summed E-state index contributed by atoms with van der Waals surface area (Å²) >= 11 is 0. The van der Waals surface area contributed by atoms with Gasteiger partial charge in [-0.25, -0.2) is 4.79 Å². The molecule has 5 N–H and O–H groups in total. The number of nitrogens with one attached hydrogen (secondary N) is 3. The second-order valence-corrected chi connectivity index (χ2v) is 15.4. The van der Waals surface area contributed by atoms with Gasteiger partial charge in [-0.05, 0) is 53.8 Å². The van der Waals surface area contributed by atoms with Gasteiger partial charge in [-0.2, -0.15) is 0 Å². The minimum Gasteiger partial charge on any atom is -0.363 e. The summed E-state index contributed by atoms with van der Waals surface area (Å²) in [5.74, 6) is -2.92. The molecule has 0 bridgehead atoms. The molecule has 2 saturated carbocycles. The largest absolute Gasteiger partial charge is 0.363 e. The Kier molecular flexibility index (Phi) is 9.71. The number of nitrogens with zero attached hydrogens (tertiary/aromatic N) is 2. The first kappa shape index (κ1) is 33.7. The highest BCUT2D eigenvalue weighted by atomic mass is 16.2. The molecular weight excluding hydrogens is 564 g/mol. The lowest BCUT2D eigenvalue weighted by Gasteiger charge is -2.38. The van der Waals surface area contributed by atoms with Crippen molar-refractivity contribution in [1.82, 2.24) is 25.8 Å². The van der Waals surface area contributed by atoms with Gasteiger partial charge in [0.1, 0.15) is 18.1 Å². The van der Waals surface area contributed by atoms with Gasteiger partial charge in [0.15, 0.2) is 0 Å². The summed E-state index contributed by atoms with van der Waals surface area (Å²) in [6.07, 6.45) is 5.09. The van der Waals surface area contributed by atoms with Crippen LogP contribution in [0.2, 0.25) is 0 Å². The van der Waals surface area contributed by atoms with E-state index < -0.39 is 59.1 Å². The van der Waals surface area contributed by atoms with Gasteiger partial charge in [0.2, 0.25) is 23.5 Å². The highest BCUT2D eigenvalue weighted by Gasteiger charge is 2.70. The Bertz CT molecular complexity index is 1170. The maximum absolute atomic E-state index is 14.2. The zero-order valence-electron chi connectivity index (χ0n) is 27.4. The molecule has 2 heterocycles. The lowest BCUT2D eigenvalue weighted by atomic mass is 9.80. The van der Waals surface area contributed by atoms with Crippen molar-refractivity contribution < 1.29 is 28.8 Å². The van der Waals surface area contributed by atoms with E-state index in [-0.39, 0.29) is 35.0 Å². The molecule has 0 aromatic rings. The molecule has 2 aliphatic heterocycles. The molecule has 2 saturated heterocycles. The van der Waals surface area contributed by atoms with Crippen molar-refractivity contribution in [3.63, 3.8) is 0 Å². The van der Waals surface area contributed by atoms with E-state index in [4.69, 9.17) is 5.73 Å². The Balaban J connectivity index is 1.51. The van der Waals surface area contributed by atoms with Crippen LogP contribution in [0.15, 0.2) is 0 Å². The number of amides is 6. The highest BCUT2D eigenvalue weighted by molar-refractivity contribution is 6.37. The van der Waals surface area contributed by atoms with Crippen molar-refractivity contribution in [2.45, 2.75) is 111 Å². The van der Waals surface area contributed by atoms with Crippen LogP contribution in [0.25, 0.3) is 0 Å². The summed E-state index contributed by atoms with van der Waals surface area (Å²) in [5, 5.41) is 8.43. The van der Waals surface area contributed by atoms with Gasteiger partial charge in [-0.15, -0.1) is 0 Å². The number of carbonyl (C=O) groups excluding carboxylic acids is 6. The minimum absolute atomic E-state index is 0.0805. The SMILES string of the molecule is CC(C)[C@H](NC(=O)N[C@H](C(=O)N1C[C@H]2[C@@H]([C@H]1C(=O)NC(CC1CCC1)C(=O)C(N)=O)C2(C)C)C(C)(C)C)C(=O)N1CCCC1. The van der Waals surface area contributed by atoms with Gasteiger partial charge in [0, 0.05) is 19.6 Å². The molecule has 0 spiro atoms. The molecular formula is C32H52N6O6. The number of rotatable bonds is 11. The van der Waals surface area contributed by atoms with E-state index in [1.54, 1.807) is 4.90 Å². The Labute approximate surface area is 261 Å². The zero-order valence-corrected chi connectivity index (χ0v) is 27.4. The third kappa shape index (κ3) is 6.88. The first-order chi connectivity index (χ1) is 20.4. The smallest absolute Gasteiger partial charge is 0.316 e. The molecule has 4 aliphatic rings. The van der Waals surface area contributed by atoms with Gasteiger partial charge in [0.05, 0.1) is 6.04 Å². The fourth-order valence-corrected chi connectivity index (χ4v) is 7.31. The molecule has 4 fully saturated rings. The fraction of sp³-hybridized carbons (Fsp3) is 0.812. The summed E-state index contributed by atoms with van der Waals surface area (Å²) in [5.41, 5.74) is 4.42. The number of carbonyl (C=O) groups is 6. The molecule has 2 aliphatic carbocycles. The number of piperidine rings is 1. The van der Waals surface area contributed by atoms with Crippen LogP contribution in [0, 0.1) is 34.5 Å². The number of hydrogen-bond acceptors (Lipinski definition) is 6. The topological polar surface area (TPSA) is 171 Å². The number of hydrogen-bond donors (Lipinski definition) is 4. The molecule has 1 unspecified atom stereocenters. The van der Waals surface area contributed by atoms with Gasteiger partial charge in [-0.1, -0.05) is 67.7 Å². The van der Waals surface area contributed by atoms with E-state index in [9.17, 15) is 28.8 Å². The van der Waals surface area contributed by atoms with Crippen LogP contribution in [0.1, 0.15) is 87.0 Å². The van der Waals surface area contributed by atoms with Gasteiger partial charge in [0.25, 0.3) is 5.91 Å². The Morgan fingerprint density at radius 3 is 2.02 bits per heavy atom. The highest BCUT2D eigenvalue weighted by Crippen LogP contribution is 2.65. The lowest BCUT2D eigenvalue weighted by Crippen LogP contribution is -2.62. The first-order valence-electron chi connectivity index (χ1n) is 16.3. The summed E-state index contributed by atoms with van der Waals surface area (Å²) in [4.78, 5) is 82.4. The first-order valence-corrected chi connectivity index (χ1v) is 16.3. The average Bonchev–Trinajstić information content (AvgIpc) is 3.36. The van der Waals surface area contributed by atoms with Crippen molar-refractivity contribution in [3.8, 4) is 0 Å². The molecule has 0 radical (unpaired) electrons. The molecule has 12 nitrogen and oxygen atoms in total. The minimum atomic E-state index is -1.09. The van der Waals surface area contributed by atoms with Gasteiger partial charge >= 0.3 is 6.03 Å². The van der Waals surface area contributed by atoms with E-state index in [2.05, 4.69) is 29.8 Å². The number of nitrogens with two attached hydrogens (primary N) is 1. The second-order valence-electron chi connectivity index (χ2n) is 15.4. The van der Waals surface area contributed by atoms with Crippen LogP contribution in [0.4, 0.5) is 4.79 Å². The third-order valence-electron chi connectivity index (χ3n) is 10.5. The fourth-order valence-electron chi connectivity index (χ4n) is 7.31. The van der Waals surface area contributed by atoms with Crippen LogP contribution < -0.4 is 21.7 Å². The molecule has 4 rings (SSSR count). The number of Topliss-reactive ketones (excluding diaryl/α,β-unsaturated/α-hetero) is 1. The van der Waals surface area contributed by atoms with Crippen LogP contribution in [-0.4, -0.2) is 89.0 Å². The van der Waals surface area contributed by atoms with E-state index >= 15 is 0 Å². The van der Waals surface area contributed by atoms with E-state index in [1.165, 1.54) is 4.90 Å². The second kappa shape index (κ2) is 12.7. The number of urea groups is 1. The van der Waals surface area contributed by atoms with Crippen molar-refractivity contribution in [2.24, 2.45) is 40.2 Å². The summed E-state index contributed by atoms with van der Waals surface area (Å²) < 4.78 is 0. The van der Waals surface area contributed by atoms with E-state index in [1.807, 2.05) is 34.6 Å². The van der Waals surface area contributed by atoms with Gasteiger partial charge < -0.3 is 31.5 Å². The maximum atomic E-state index is 14.2.